The number of nitrogens with two attached hydrogens (primary N) is 1. The summed E-state index contributed by atoms with van der Waals surface area (Å²) in [4.78, 5) is 38.1. The molecule has 2 amide bonds. The van der Waals surface area contributed by atoms with Gasteiger partial charge in [0.2, 0.25) is 11.9 Å². The van der Waals surface area contributed by atoms with E-state index < -0.39 is 23.2 Å². The Balaban J connectivity index is 1.42. The van der Waals surface area contributed by atoms with Crippen LogP contribution in [0.4, 0.5) is 29.6 Å². The van der Waals surface area contributed by atoms with Crippen molar-refractivity contribution in [1.82, 2.24) is 19.9 Å². The first kappa shape index (κ1) is 30.7. The number of anilines is 2. The minimum absolute atomic E-state index is 0.00469. The number of alkyl halides is 3. The summed E-state index contributed by atoms with van der Waals surface area (Å²) in [5.74, 6) is -0.328. The molecule has 1 aliphatic rings. The summed E-state index contributed by atoms with van der Waals surface area (Å²) < 4.78 is 46.7. The Morgan fingerprint density at radius 3 is 2.29 bits per heavy atom. The van der Waals surface area contributed by atoms with Crippen LogP contribution in [0.2, 0.25) is 0 Å². The lowest BCUT2D eigenvalue weighted by Crippen LogP contribution is -2.41. The highest BCUT2D eigenvalue weighted by molar-refractivity contribution is 5.77. The van der Waals surface area contributed by atoms with Crippen LogP contribution >= 0.6 is 0 Å². The number of nitrogens with one attached hydrogen (secondary N) is 1. The number of aromatic nitrogens is 3. The molecule has 0 aliphatic carbocycles. The minimum Gasteiger partial charge on any atom is -0.444 e. The van der Waals surface area contributed by atoms with Gasteiger partial charge in [-0.1, -0.05) is 24.3 Å². The molecule has 1 saturated heterocycles. The molecule has 3 aromatic rings. The second-order valence-electron chi connectivity index (χ2n) is 11.3. The summed E-state index contributed by atoms with van der Waals surface area (Å²) in [6, 6.07) is 10.7. The van der Waals surface area contributed by atoms with E-state index in [0.717, 1.165) is 30.3 Å². The van der Waals surface area contributed by atoms with Gasteiger partial charge in [-0.15, -0.1) is 0 Å². The van der Waals surface area contributed by atoms with Gasteiger partial charge in [0.05, 0.1) is 29.6 Å². The van der Waals surface area contributed by atoms with Crippen LogP contribution < -0.4 is 11.1 Å². The van der Waals surface area contributed by atoms with Gasteiger partial charge in [0, 0.05) is 30.9 Å². The number of carbonyl (C=O) groups excluding carboxylic acids is 2. The fourth-order valence-electron chi connectivity index (χ4n) is 4.85. The standard InChI is InChI=1S/C30H35F3N6O3/c1-29(2,3)42-28(41)39-14-12-20(13-15-39)24-11-9-22(17-35-24)37-27-36-18-23(30(31,32)33)25(38-27)10-8-19-6-4-5-7-21(19)16-26(34)40/h4-7,9,11,17-18,20H,8,10,12-16H2,1-3H3,(H2,34,40)(H,36,37,38). The van der Waals surface area contributed by atoms with Crippen molar-refractivity contribution >= 4 is 23.6 Å². The largest absolute Gasteiger partial charge is 0.444 e. The Hall–Kier alpha value is -4.22. The van der Waals surface area contributed by atoms with Gasteiger partial charge < -0.3 is 20.7 Å². The van der Waals surface area contributed by atoms with E-state index in [1.165, 1.54) is 0 Å². The van der Waals surface area contributed by atoms with E-state index in [9.17, 15) is 22.8 Å². The van der Waals surface area contributed by atoms with E-state index in [1.807, 2.05) is 26.8 Å². The molecule has 0 radical (unpaired) electrons. The quantitative estimate of drug-likeness (QED) is 0.355. The number of halogens is 3. The zero-order valence-electron chi connectivity index (χ0n) is 23.9. The van der Waals surface area contributed by atoms with Gasteiger partial charge in [0.1, 0.15) is 5.60 Å². The molecule has 1 aliphatic heterocycles. The highest BCUT2D eigenvalue weighted by Crippen LogP contribution is 2.33. The molecule has 0 saturated carbocycles. The van der Waals surface area contributed by atoms with Crippen LogP contribution in [-0.2, 0) is 35.0 Å². The topological polar surface area (TPSA) is 123 Å². The number of aryl methyl sites for hydroxylation is 2. The molecule has 0 spiro atoms. The van der Waals surface area contributed by atoms with Crippen molar-refractivity contribution in [3.8, 4) is 0 Å². The Bertz CT molecular complexity index is 1400. The number of amides is 2. The first-order valence-electron chi connectivity index (χ1n) is 13.8. The molecular formula is C30H35F3N6O3. The van der Waals surface area contributed by atoms with Crippen molar-refractivity contribution < 1.29 is 27.5 Å². The molecule has 42 heavy (non-hydrogen) atoms. The second kappa shape index (κ2) is 12.7. The molecule has 3 N–H and O–H groups in total. The van der Waals surface area contributed by atoms with Gasteiger partial charge in [-0.25, -0.2) is 14.8 Å². The van der Waals surface area contributed by atoms with Crippen LogP contribution in [0.1, 0.15) is 67.6 Å². The molecule has 12 heteroatoms. The smallest absolute Gasteiger partial charge is 0.419 e. The third-order valence-electron chi connectivity index (χ3n) is 6.89. The minimum atomic E-state index is -4.62. The Kier molecular flexibility index (Phi) is 9.33. The Morgan fingerprint density at radius 1 is 1.00 bits per heavy atom. The average Bonchev–Trinajstić information content (AvgIpc) is 2.91. The molecule has 1 fully saturated rings. The fourth-order valence-corrected chi connectivity index (χ4v) is 4.85. The van der Waals surface area contributed by atoms with Crippen molar-refractivity contribution in [3.63, 3.8) is 0 Å². The van der Waals surface area contributed by atoms with Gasteiger partial charge in [0.15, 0.2) is 0 Å². The van der Waals surface area contributed by atoms with Crippen LogP contribution in [0.25, 0.3) is 0 Å². The summed E-state index contributed by atoms with van der Waals surface area (Å²) in [6.07, 6.45) is -0.851. The molecule has 1 aromatic carbocycles. The lowest BCUT2D eigenvalue weighted by Gasteiger charge is -2.33. The van der Waals surface area contributed by atoms with Gasteiger partial charge in [-0.05, 0) is 69.7 Å². The maximum Gasteiger partial charge on any atom is 0.419 e. The molecule has 0 unspecified atom stereocenters. The molecule has 3 heterocycles. The van der Waals surface area contributed by atoms with E-state index in [0.29, 0.717) is 24.3 Å². The normalized spacial score (nSPS) is 14.5. The van der Waals surface area contributed by atoms with Gasteiger partial charge >= 0.3 is 12.3 Å². The number of likely N-dealkylation sites (tertiary alicyclic amines) is 1. The predicted octanol–water partition coefficient (Wildman–Crippen LogP) is 5.56. The molecule has 2 aromatic heterocycles. The van der Waals surface area contributed by atoms with E-state index in [4.69, 9.17) is 10.5 Å². The zero-order chi connectivity index (χ0) is 30.5. The number of pyridine rings is 1. The summed E-state index contributed by atoms with van der Waals surface area (Å²) in [7, 11) is 0. The Labute approximate surface area is 242 Å². The maximum atomic E-state index is 13.7. The molecule has 0 atom stereocenters. The lowest BCUT2D eigenvalue weighted by molar-refractivity contribution is -0.138. The predicted molar refractivity (Wildman–Crippen MR) is 151 cm³/mol. The van der Waals surface area contributed by atoms with Crippen molar-refractivity contribution in [2.45, 2.75) is 70.6 Å². The highest BCUT2D eigenvalue weighted by Gasteiger charge is 2.35. The van der Waals surface area contributed by atoms with E-state index >= 15 is 0 Å². The number of hydrogen-bond acceptors (Lipinski definition) is 7. The van der Waals surface area contributed by atoms with Gasteiger partial charge in [-0.2, -0.15) is 13.2 Å². The first-order chi connectivity index (χ1) is 19.8. The van der Waals surface area contributed by atoms with Crippen LogP contribution in [0.3, 0.4) is 0 Å². The summed E-state index contributed by atoms with van der Waals surface area (Å²) >= 11 is 0. The van der Waals surface area contributed by atoms with Crippen molar-refractivity contribution in [2.75, 3.05) is 18.4 Å². The number of benzene rings is 1. The van der Waals surface area contributed by atoms with E-state index in [-0.39, 0.29) is 42.9 Å². The lowest BCUT2D eigenvalue weighted by atomic mass is 9.93. The van der Waals surface area contributed by atoms with Crippen LogP contribution in [0.5, 0.6) is 0 Å². The number of rotatable bonds is 8. The maximum absolute atomic E-state index is 13.7. The summed E-state index contributed by atoms with van der Waals surface area (Å²) in [5.41, 5.74) is 6.51. The van der Waals surface area contributed by atoms with Crippen LogP contribution in [0.15, 0.2) is 48.8 Å². The van der Waals surface area contributed by atoms with Crippen molar-refractivity contribution in [1.29, 1.82) is 0 Å². The first-order valence-corrected chi connectivity index (χ1v) is 13.8. The Morgan fingerprint density at radius 2 is 1.69 bits per heavy atom. The summed E-state index contributed by atoms with van der Waals surface area (Å²) in [6.45, 7) is 6.64. The summed E-state index contributed by atoms with van der Waals surface area (Å²) in [5, 5.41) is 2.95. The number of hydrogen-bond donors (Lipinski definition) is 2. The number of primary amides is 1. The second-order valence-corrected chi connectivity index (χ2v) is 11.3. The average molecular weight is 585 g/mol. The van der Waals surface area contributed by atoms with Gasteiger partial charge in [0.25, 0.3) is 0 Å². The number of carbonyl (C=O) groups is 2. The van der Waals surface area contributed by atoms with Crippen molar-refractivity contribution in [2.24, 2.45) is 5.73 Å². The number of piperidine rings is 1. The third kappa shape index (κ3) is 8.40. The van der Waals surface area contributed by atoms with Crippen molar-refractivity contribution in [3.05, 3.63) is 76.9 Å². The number of nitrogens with zero attached hydrogens (tertiary/aromatic N) is 4. The fraction of sp³-hybridized carbons (Fsp3) is 0.433. The van der Waals surface area contributed by atoms with Crippen LogP contribution in [0, 0.1) is 0 Å². The molecule has 4 rings (SSSR count). The molecule has 0 bridgehead atoms. The molecule has 224 valence electrons. The third-order valence-corrected chi connectivity index (χ3v) is 6.89. The van der Waals surface area contributed by atoms with Crippen LogP contribution in [-0.4, -0.2) is 50.5 Å². The molecule has 9 nitrogen and oxygen atoms in total. The number of ether oxygens (including phenoxy) is 1. The monoisotopic (exact) mass is 584 g/mol. The van der Waals surface area contributed by atoms with E-state index in [2.05, 4.69) is 20.3 Å². The highest BCUT2D eigenvalue weighted by atomic mass is 19.4. The van der Waals surface area contributed by atoms with E-state index in [1.54, 1.807) is 41.4 Å². The molecular weight excluding hydrogens is 549 g/mol. The van der Waals surface area contributed by atoms with Gasteiger partial charge in [-0.3, -0.25) is 9.78 Å². The zero-order valence-corrected chi connectivity index (χ0v) is 23.9. The SMILES string of the molecule is CC(C)(C)OC(=O)N1CCC(c2ccc(Nc3ncc(C(F)(F)F)c(CCc4ccccc4CC(N)=O)n3)cn2)CC1.